The third-order valence-electron chi connectivity index (χ3n) is 4.26. The van der Waals surface area contributed by atoms with Crippen LogP contribution in [-0.4, -0.2) is 23.8 Å². The number of hydrazine groups is 1. The number of carbonyl (C=O) groups excluding carboxylic acids is 2. The first-order valence-electron chi connectivity index (χ1n) is 7.08. The minimum atomic E-state index is -0.171. The lowest BCUT2D eigenvalue weighted by molar-refractivity contribution is -0.118. The van der Waals surface area contributed by atoms with Crippen molar-refractivity contribution in [2.45, 2.75) is 38.3 Å². The summed E-state index contributed by atoms with van der Waals surface area (Å²) in [6, 6.07) is 7.25. The monoisotopic (exact) mass is 273 g/mol. The van der Waals surface area contributed by atoms with Gasteiger partial charge in [0.2, 0.25) is 5.91 Å². The van der Waals surface area contributed by atoms with Crippen LogP contribution in [0.5, 0.6) is 0 Å². The van der Waals surface area contributed by atoms with E-state index in [1.54, 1.807) is 24.3 Å². The SMILES string of the molecule is CC(=O)c1ccc(NC(=O)C2NNC3CCCC32)cc1. The van der Waals surface area contributed by atoms with E-state index in [9.17, 15) is 9.59 Å². The largest absolute Gasteiger partial charge is 0.325 e. The van der Waals surface area contributed by atoms with E-state index in [0.29, 0.717) is 17.5 Å². The van der Waals surface area contributed by atoms with Crippen molar-refractivity contribution in [2.24, 2.45) is 5.92 Å². The average Bonchev–Trinajstić information content (AvgIpc) is 3.01. The van der Waals surface area contributed by atoms with Gasteiger partial charge in [-0.25, -0.2) is 5.43 Å². The molecule has 3 rings (SSSR count). The molecule has 1 aliphatic heterocycles. The van der Waals surface area contributed by atoms with E-state index >= 15 is 0 Å². The fourth-order valence-corrected chi connectivity index (χ4v) is 3.14. The highest BCUT2D eigenvalue weighted by atomic mass is 16.2. The Balaban J connectivity index is 1.65. The number of carbonyl (C=O) groups is 2. The molecular formula is C15H19N3O2. The Labute approximate surface area is 118 Å². The smallest absolute Gasteiger partial charge is 0.243 e. The van der Waals surface area contributed by atoms with Crippen molar-refractivity contribution in [1.82, 2.24) is 10.9 Å². The molecule has 1 aromatic rings. The molecule has 0 aromatic heterocycles. The number of benzene rings is 1. The van der Waals surface area contributed by atoms with E-state index in [2.05, 4.69) is 16.2 Å². The molecule has 5 heteroatoms. The third-order valence-corrected chi connectivity index (χ3v) is 4.26. The quantitative estimate of drug-likeness (QED) is 0.729. The molecule has 0 spiro atoms. The maximum atomic E-state index is 12.3. The molecule has 1 saturated heterocycles. The minimum absolute atomic E-state index is 0.0116. The first-order valence-corrected chi connectivity index (χ1v) is 7.08. The van der Waals surface area contributed by atoms with E-state index in [0.717, 1.165) is 18.5 Å². The Bertz CT molecular complexity index is 526. The lowest BCUT2D eigenvalue weighted by atomic mass is 9.96. The number of ketones is 1. The molecule has 1 amide bonds. The number of fused-ring (bicyclic) bond motifs is 1. The van der Waals surface area contributed by atoms with Crippen LogP contribution in [0, 0.1) is 5.92 Å². The Morgan fingerprint density at radius 3 is 2.60 bits per heavy atom. The Hall–Kier alpha value is -1.72. The second-order valence-corrected chi connectivity index (χ2v) is 5.59. The fraction of sp³-hybridized carbons (Fsp3) is 0.467. The van der Waals surface area contributed by atoms with E-state index in [1.807, 2.05) is 0 Å². The summed E-state index contributed by atoms with van der Waals surface area (Å²) in [4.78, 5) is 23.5. The van der Waals surface area contributed by atoms with Crippen molar-refractivity contribution in [1.29, 1.82) is 0 Å². The number of hydrogen-bond donors (Lipinski definition) is 3. The zero-order valence-electron chi connectivity index (χ0n) is 11.5. The van der Waals surface area contributed by atoms with Gasteiger partial charge in [-0.05, 0) is 44.0 Å². The van der Waals surface area contributed by atoms with Gasteiger partial charge >= 0.3 is 0 Å². The topological polar surface area (TPSA) is 70.2 Å². The van der Waals surface area contributed by atoms with Gasteiger partial charge in [0, 0.05) is 23.2 Å². The highest BCUT2D eigenvalue weighted by molar-refractivity contribution is 5.97. The minimum Gasteiger partial charge on any atom is -0.325 e. The number of amides is 1. The molecular weight excluding hydrogens is 254 g/mol. The first kappa shape index (κ1) is 13.3. The molecule has 2 fully saturated rings. The van der Waals surface area contributed by atoms with Gasteiger partial charge in [0.25, 0.3) is 0 Å². The van der Waals surface area contributed by atoms with Crippen molar-refractivity contribution >= 4 is 17.4 Å². The van der Waals surface area contributed by atoms with Crippen LogP contribution in [0.3, 0.4) is 0 Å². The number of rotatable bonds is 3. The van der Waals surface area contributed by atoms with Crippen LogP contribution >= 0.6 is 0 Å². The average molecular weight is 273 g/mol. The Kier molecular flexibility index (Phi) is 3.54. The third kappa shape index (κ3) is 2.46. The second kappa shape index (κ2) is 5.34. The molecule has 3 N–H and O–H groups in total. The van der Waals surface area contributed by atoms with Gasteiger partial charge < -0.3 is 5.32 Å². The molecule has 106 valence electrons. The van der Waals surface area contributed by atoms with Crippen molar-refractivity contribution in [3.63, 3.8) is 0 Å². The lowest BCUT2D eigenvalue weighted by Gasteiger charge is -2.16. The summed E-state index contributed by atoms with van der Waals surface area (Å²) in [7, 11) is 0. The summed E-state index contributed by atoms with van der Waals surface area (Å²) in [6.45, 7) is 1.53. The molecule has 5 nitrogen and oxygen atoms in total. The van der Waals surface area contributed by atoms with Crippen LogP contribution in [0.1, 0.15) is 36.5 Å². The summed E-state index contributed by atoms with van der Waals surface area (Å²) < 4.78 is 0. The van der Waals surface area contributed by atoms with Gasteiger partial charge in [-0.3, -0.25) is 15.0 Å². The summed E-state index contributed by atoms with van der Waals surface area (Å²) in [5, 5.41) is 2.91. The highest BCUT2D eigenvalue weighted by Gasteiger charge is 2.42. The predicted molar refractivity (Wildman–Crippen MR) is 76.3 cm³/mol. The first-order chi connectivity index (χ1) is 9.65. The number of anilines is 1. The zero-order chi connectivity index (χ0) is 14.1. The molecule has 1 aliphatic carbocycles. The standard InChI is InChI=1S/C15H19N3O2/c1-9(19)10-5-7-11(8-6-10)16-15(20)14-12-3-2-4-13(12)17-18-14/h5-8,12-14,17-18H,2-4H2,1H3,(H,16,20). The molecule has 20 heavy (non-hydrogen) atoms. The van der Waals surface area contributed by atoms with Gasteiger partial charge in [0.1, 0.15) is 6.04 Å². The molecule has 1 aromatic carbocycles. The van der Waals surface area contributed by atoms with Crippen LogP contribution in [0.25, 0.3) is 0 Å². The summed E-state index contributed by atoms with van der Waals surface area (Å²) in [5.74, 6) is 0.396. The maximum Gasteiger partial charge on any atom is 0.243 e. The zero-order valence-corrected chi connectivity index (χ0v) is 11.5. The van der Waals surface area contributed by atoms with Crippen LogP contribution in [-0.2, 0) is 4.79 Å². The summed E-state index contributed by atoms with van der Waals surface area (Å²) in [6.07, 6.45) is 3.40. The lowest BCUT2D eigenvalue weighted by Crippen LogP contribution is -2.42. The molecule has 0 radical (unpaired) electrons. The van der Waals surface area contributed by atoms with Gasteiger partial charge in [0.15, 0.2) is 5.78 Å². The summed E-state index contributed by atoms with van der Waals surface area (Å²) >= 11 is 0. The van der Waals surface area contributed by atoms with Gasteiger partial charge in [-0.1, -0.05) is 6.42 Å². The van der Waals surface area contributed by atoms with Crippen molar-refractivity contribution < 1.29 is 9.59 Å². The number of Topliss-reactive ketones (excluding diaryl/α,β-unsaturated/α-hetero) is 1. The van der Waals surface area contributed by atoms with Gasteiger partial charge in [0.05, 0.1) is 0 Å². The summed E-state index contributed by atoms with van der Waals surface area (Å²) in [5.41, 5.74) is 7.67. The molecule has 0 bridgehead atoms. The van der Waals surface area contributed by atoms with E-state index < -0.39 is 0 Å². The molecule has 3 unspecified atom stereocenters. The van der Waals surface area contributed by atoms with Crippen LogP contribution in [0.15, 0.2) is 24.3 Å². The van der Waals surface area contributed by atoms with E-state index in [1.165, 1.54) is 13.3 Å². The number of nitrogens with one attached hydrogen (secondary N) is 3. The molecule has 1 saturated carbocycles. The normalized spacial score (nSPS) is 28.1. The van der Waals surface area contributed by atoms with Crippen LogP contribution in [0.4, 0.5) is 5.69 Å². The van der Waals surface area contributed by atoms with E-state index in [-0.39, 0.29) is 17.7 Å². The van der Waals surface area contributed by atoms with E-state index in [4.69, 9.17) is 0 Å². The molecule has 1 heterocycles. The predicted octanol–water partition coefficient (Wildman–Crippen LogP) is 1.47. The fourth-order valence-electron chi connectivity index (χ4n) is 3.14. The Morgan fingerprint density at radius 2 is 1.90 bits per heavy atom. The van der Waals surface area contributed by atoms with Crippen molar-refractivity contribution in [3.8, 4) is 0 Å². The van der Waals surface area contributed by atoms with Gasteiger partial charge in [-0.2, -0.15) is 0 Å². The van der Waals surface area contributed by atoms with Crippen molar-refractivity contribution in [2.75, 3.05) is 5.32 Å². The van der Waals surface area contributed by atoms with Gasteiger partial charge in [-0.15, -0.1) is 0 Å². The van der Waals surface area contributed by atoms with Crippen LogP contribution < -0.4 is 16.2 Å². The van der Waals surface area contributed by atoms with Crippen molar-refractivity contribution in [3.05, 3.63) is 29.8 Å². The molecule has 3 atom stereocenters. The Morgan fingerprint density at radius 1 is 1.15 bits per heavy atom. The number of hydrogen-bond acceptors (Lipinski definition) is 4. The maximum absolute atomic E-state index is 12.3. The second-order valence-electron chi connectivity index (χ2n) is 5.59. The van der Waals surface area contributed by atoms with Crippen LogP contribution in [0.2, 0.25) is 0 Å². The molecule has 2 aliphatic rings. The highest BCUT2D eigenvalue weighted by Crippen LogP contribution is 2.31.